The Balaban J connectivity index is -0.00000000973. The fourth-order valence-electron chi connectivity index (χ4n) is 0. The molecule has 18 nitrogen and oxygen atoms in total. The van der Waals surface area contributed by atoms with Crippen molar-refractivity contribution in [1.82, 2.24) is 0 Å². The molecule has 0 fully saturated rings. The Kier molecular flexibility index (Phi) is 168. The van der Waals surface area contributed by atoms with Crippen LogP contribution in [-0.4, -0.2) is 87.9 Å². The van der Waals surface area contributed by atoms with E-state index in [1.807, 2.05) is 0 Å². The van der Waals surface area contributed by atoms with E-state index in [1.54, 1.807) is 0 Å². The molecule has 0 aromatic carbocycles. The molecule has 42 heavy (non-hydrogen) atoms. The zero-order valence-electron chi connectivity index (χ0n) is 15.9. The summed E-state index contributed by atoms with van der Waals surface area (Å²) in [5.74, 6) is 0. The molecule has 312 valence electrons. The molecule has 0 aliphatic carbocycles. The fourth-order valence-corrected chi connectivity index (χ4v) is 0. The smallest absolute Gasteiger partial charge is 1.00 e. The van der Waals surface area contributed by atoms with Gasteiger partial charge in [-0.25, -0.2) is 0 Å². The van der Waals surface area contributed by atoms with Crippen LogP contribution >= 0.6 is 0 Å². The number of hydrogen-bond donors (Lipinski definition) is 0. The van der Waals surface area contributed by atoms with Crippen molar-refractivity contribution < 1.29 is 361 Å². The minimum absolute atomic E-state index is 0. The van der Waals surface area contributed by atoms with Crippen LogP contribution in [0.3, 0.4) is 0 Å². The maximum atomic E-state index is 10.2. The molecule has 0 saturated carbocycles. The average Bonchev–Trinajstić information content (AvgIpc) is 1.94. The molecule has 0 aliphatic heterocycles. The molecule has 0 aromatic heterocycles. The maximum Gasteiger partial charge on any atom is 1.00 e. The molecule has 0 radical (unpaired) electrons. The molecule has 0 amide bonds. The number of halogens is 6. The van der Waals surface area contributed by atoms with Crippen LogP contribution in [0.2, 0.25) is 0 Å². The van der Waals surface area contributed by atoms with Gasteiger partial charge in [-0.05, 0) is 0 Å². The van der Waals surface area contributed by atoms with E-state index >= 15 is 0 Å². The van der Waals surface area contributed by atoms with Gasteiger partial charge in [0.25, 0.3) is 0 Å². The molecule has 0 aromatic rings. The summed E-state index contributed by atoms with van der Waals surface area (Å²) in [6.07, 6.45) is 0. The minimum atomic E-state index is -6.12. The summed E-state index contributed by atoms with van der Waals surface area (Å²) in [6.45, 7) is 0. The molecule has 0 rings (SSSR count). The van der Waals surface area contributed by atoms with Crippen molar-refractivity contribution in [2.24, 2.45) is 0 Å². The molecule has 0 N–H and O–H groups in total. The van der Waals surface area contributed by atoms with Crippen LogP contribution in [0.5, 0.6) is 0 Å². The zero-order chi connectivity index (χ0) is 27.0. The molecule has 0 aliphatic rings. The van der Waals surface area contributed by atoms with E-state index in [0.29, 0.717) is 0 Å². The topological polar surface area (TPSA) is 379 Å². The Morgan fingerprint density at radius 2 is 0.214 bits per heavy atom. The van der Waals surface area contributed by atoms with Crippen molar-refractivity contribution in [2.45, 2.75) is 0 Å². The number of hydrogen-bond acceptors (Lipinski definition) is 18. The molecule has 0 atom stereocenters. The Morgan fingerprint density at radius 3 is 0.214 bits per heavy atom. The van der Waals surface area contributed by atoms with Gasteiger partial charge in [0.05, 0.1) is 0 Å². The number of rotatable bonds is 0. The standard InChI is InChI=1S/12Ag.6AsFH2O3/c;;;;;;;;;;;;6*2-1(3,4)5/h;;;;;;;;;;;;6*(H2,3,4,5)/q12*+1;;;;;;/p-12. The summed E-state index contributed by atoms with van der Waals surface area (Å²) in [5.41, 5.74) is 0. The Bertz CT molecular complexity index is 510. The third-order valence-electron chi connectivity index (χ3n) is 0. The monoisotopic (exact) mass is 2130 g/mol. The van der Waals surface area contributed by atoms with Gasteiger partial charge in [-0.3, -0.25) is 0 Å². The van der Waals surface area contributed by atoms with Crippen LogP contribution in [0.15, 0.2) is 0 Å². The molecule has 0 heterocycles. The van der Waals surface area contributed by atoms with Crippen molar-refractivity contribution in [3.8, 4) is 0 Å². The second-order valence-electron chi connectivity index (χ2n) is 2.58. The largest absolute Gasteiger partial charge is 1.00 e. The van der Waals surface area contributed by atoms with Crippen LogP contribution < -0.4 is 49.1 Å². The van der Waals surface area contributed by atoms with E-state index in [1.165, 1.54) is 0 Å². The van der Waals surface area contributed by atoms with Gasteiger partial charge in [0, 0.05) is 0 Å². The summed E-state index contributed by atoms with van der Waals surface area (Å²) in [6, 6.07) is 0. The van der Waals surface area contributed by atoms with Crippen LogP contribution in [0, 0.1) is 0 Å². The molecule has 42 heteroatoms. The third-order valence-corrected chi connectivity index (χ3v) is 0. The van der Waals surface area contributed by atoms with E-state index in [-0.39, 0.29) is 269 Å². The van der Waals surface area contributed by atoms with Crippen molar-refractivity contribution in [3.63, 3.8) is 0 Å². The third kappa shape index (κ3) is 1180. The molecule has 0 spiro atoms. The molecular weight excluding hydrogens is 2150 g/mol. The van der Waals surface area contributed by atoms with E-state index < -0.39 is 87.9 Å². The van der Waals surface area contributed by atoms with Gasteiger partial charge in [-0.15, -0.1) is 0 Å². The van der Waals surface area contributed by atoms with E-state index in [2.05, 4.69) is 0 Å². The summed E-state index contributed by atoms with van der Waals surface area (Å²) in [7, 11) is 0. The maximum absolute atomic E-state index is 10.2. The van der Waals surface area contributed by atoms with Gasteiger partial charge in [-0.2, -0.15) is 0 Å². The quantitative estimate of drug-likeness (QED) is 0.161. The molecule has 0 saturated heterocycles. The van der Waals surface area contributed by atoms with Crippen LogP contribution in [0.25, 0.3) is 0 Å². The Labute approximate surface area is 438 Å². The Morgan fingerprint density at radius 1 is 0.214 bits per heavy atom. The van der Waals surface area contributed by atoms with Crippen molar-refractivity contribution in [3.05, 3.63) is 0 Å². The molecule has 0 unspecified atom stereocenters. The predicted octanol–water partition coefficient (Wildman–Crippen LogP) is -14.8. The van der Waals surface area contributed by atoms with Gasteiger partial charge in [0.2, 0.25) is 0 Å². The Hall–Kier alpha value is 10.1. The van der Waals surface area contributed by atoms with Crippen molar-refractivity contribution in [1.29, 1.82) is 0 Å². The van der Waals surface area contributed by atoms with Crippen LogP contribution in [0.1, 0.15) is 0 Å². The zero-order valence-corrected chi connectivity index (χ0v) is 45.0. The van der Waals surface area contributed by atoms with E-state index in [4.69, 9.17) is 71.6 Å². The predicted molar refractivity (Wildman–Crippen MR) is 45.3 cm³/mol. The summed E-state index contributed by atoms with van der Waals surface area (Å²) >= 11 is -36.8. The minimum Gasteiger partial charge on any atom is 1.00 e. The second-order valence-corrected chi connectivity index (χ2v) is 13.4. The van der Waals surface area contributed by atoms with Crippen molar-refractivity contribution >= 4 is 87.9 Å². The van der Waals surface area contributed by atoms with Gasteiger partial charge in [0.1, 0.15) is 0 Å². The summed E-state index contributed by atoms with van der Waals surface area (Å²) < 4.78 is 214. The first kappa shape index (κ1) is 117. The average molecular weight is 2150 g/mol. The summed E-state index contributed by atoms with van der Waals surface area (Å²) in [4.78, 5) is 0. The summed E-state index contributed by atoms with van der Waals surface area (Å²) in [5, 5.41) is 0. The molecule has 0 bridgehead atoms. The van der Waals surface area contributed by atoms with E-state index in [9.17, 15) is 20.8 Å². The van der Waals surface area contributed by atoms with E-state index in [0.717, 1.165) is 0 Å². The van der Waals surface area contributed by atoms with Crippen LogP contribution in [-0.2, 0) is 291 Å². The van der Waals surface area contributed by atoms with Crippen LogP contribution in [0.4, 0.5) is 20.8 Å². The normalized spacial score (nSPS) is 8.43. The van der Waals surface area contributed by atoms with Gasteiger partial charge in [-0.1, -0.05) is 0 Å². The van der Waals surface area contributed by atoms with Crippen molar-refractivity contribution in [2.75, 3.05) is 0 Å². The molecular formula is Ag12As6F6O18. The fraction of sp³-hybridized carbons (Fsp3) is 0. The van der Waals surface area contributed by atoms with Gasteiger partial charge < -0.3 is 0 Å². The van der Waals surface area contributed by atoms with Gasteiger partial charge >= 0.3 is 449 Å². The first-order valence-electron chi connectivity index (χ1n) is 4.30. The first-order valence-corrected chi connectivity index (χ1v) is 22.3. The first-order chi connectivity index (χ1) is 12.0. The van der Waals surface area contributed by atoms with Gasteiger partial charge in [0.15, 0.2) is 0 Å². The second kappa shape index (κ2) is 60.4. The SMILES string of the molecule is O=[As]([O-])([O-])F.O=[As]([O-])([O-])F.O=[As]([O-])([O-])F.O=[As]([O-])([O-])F.O=[As]([O-])([O-])F.O=[As]([O-])([O-])F.[Ag+].[Ag+].[Ag+].[Ag+].[Ag+].[Ag+].[Ag+].[Ag+].[Ag+].[Ag+].[Ag+].[Ag+].